The van der Waals surface area contributed by atoms with Gasteiger partial charge in [-0.15, -0.1) is 0 Å². The predicted octanol–water partition coefficient (Wildman–Crippen LogP) is 5.54. The highest BCUT2D eigenvalue weighted by Gasteiger charge is 2.31. The van der Waals surface area contributed by atoms with E-state index in [2.05, 4.69) is 18.0 Å². The summed E-state index contributed by atoms with van der Waals surface area (Å²) >= 11 is 0. The highest BCUT2D eigenvalue weighted by atomic mass is 16.5. The Balaban J connectivity index is 1.68. The van der Waals surface area contributed by atoms with Crippen LogP contribution in [0.4, 0.5) is 5.69 Å². The van der Waals surface area contributed by atoms with Crippen molar-refractivity contribution >= 4 is 11.9 Å². The van der Waals surface area contributed by atoms with E-state index < -0.39 is 5.92 Å². The van der Waals surface area contributed by atoms with Crippen LogP contribution in [0.15, 0.2) is 83.2 Å². The number of nitrogens with two attached hydrogens (primary N) is 1. The minimum absolute atomic E-state index is 0.00729. The second-order valence-corrected chi connectivity index (χ2v) is 7.74. The van der Waals surface area contributed by atoms with Crippen molar-refractivity contribution < 1.29 is 14.6 Å². The molecule has 3 aromatic rings. The first kappa shape index (κ1) is 22.0. The molecular formula is C27H25N3O3. The third-order valence-corrected chi connectivity index (χ3v) is 5.43. The lowest BCUT2D eigenvalue weighted by Crippen LogP contribution is -2.21. The quantitative estimate of drug-likeness (QED) is 0.372. The molecule has 1 aliphatic heterocycles. The molecule has 33 heavy (non-hydrogen) atoms. The van der Waals surface area contributed by atoms with E-state index in [4.69, 9.17) is 15.2 Å². The topological polar surface area (TPSA) is 101 Å². The standard InChI is InChI=1S/C27H25N3O3/c1-2-3-12-32-21-11-7-10-20(14-21)30-17-19-13-22-25(15-24(19)31)33-27(29)23(16-28)26(22)18-8-5-4-6-9-18/h4-11,13-15,17,26,31H,2-3,12,29H2,1H3/t26-/m1/s1. The van der Waals surface area contributed by atoms with E-state index >= 15 is 0 Å². The van der Waals surface area contributed by atoms with Crippen LogP contribution in [-0.4, -0.2) is 17.9 Å². The smallest absolute Gasteiger partial charge is 0.205 e. The third-order valence-electron chi connectivity index (χ3n) is 5.43. The number of hydrogen-bond donors (Lipinski definition) is 2. The summed E-state index contributed by atoms with van der Waals surface area (Å²) in [6.07, 6.45) is 3.65. The van der Waals surface area contributed by atoms with Crippen molar-refractivity contribution in [2.24, 2.45) is 10.7 Å². The fourth-order valence-corrected chi connectivity index (χ4v) is 3.74. The second kappa shape index (κ2) is 9.92. The Morgan fingerprint density at radius 3 is 2.73 bits per heavy atom. The number of nitrogens with zero attached hydrogens (tertiary/aromatic N) is 2. The van der Waals surface area contributed by atoms with Crippen molar-refractivity contribution in [3.8, 4) is 23.3 Å². The maximum Gasteiger partial charge on any atom is 0.205 e. The number of phenols is 1. The zero-order valence-electron chi connectivity index (χ0n) is 18.4. The first-order valence-corrected chi connectivity index (χ1v) is 10.9. The van der Waals surface area contributed by atoms with Crippen molar-refractivity contribution in [2.75, 3.05) is 6.61 Å². The highest BCUT2D eigenvalue weighted by Crippen LogP contribution is 2.44. The summed E-state index contributed by atoms with van der Waals surface area (Å²) in [5.74, 6) is 0.821. The number of hydrogen-bond acceptors (Lipinski definition) is 6. The van der Waals surface area contributed by atoms with Crippen LogP contribution in [0.25, 0.3) is 0 Å². The molecule has 0 amide bonds. The number of unbranched alkanes of at least 4 members (excludes halogenated alkanes) is 1. The van der Waals surface area contributed by atoms with E-state index in [1.165, 1.54) is 6.07 Å². The number of rotatable bonds is 7. The van der Waals surface area contributed by atoms with Gasteiger partial charge in [-0.25, -0.2) is 0 Å². The van der Waals surface area contributed by atoms with Gasteiger partial charge in [0.05, 0.1) is 18.2 Å². The van der Waals surface area contributed by atoms with Gasteiger partial charge in [0.1, 0.15) is 28.9 Å². The van der Waals surface area contributed by atoms with E-state index in [1.807, 2.05) is 54.6 Å². The molecule has 1 atom stereocenters. The van der Waals surface area contributed by atoms with Crippen molar-refractivity contribution in [3.05, 3.63) is 94.9 Å². The highest BCUT2D eigenvalue weighted by molar-refractivity contribution is 5.86. The van der Waals surface area contributed by atoms with Gasteiger partial charge in [-0.3, -0.25) is 4.99 Å². The first-order chi connectivity index (χ1) is 16.1. The van der Waals surface area contributed by atoms with Crippen LogP contribution in [0.1, 0.15) is 42.4 Å². The number of aromatic hydroxyl groups is 1. The monoisotopic (exact) mass is 439 g/mol. The van der Waals surface area contributed by atoms with Crippen molar-refractivity contribution in [1.82, 2.24) is 0 Å². The summed E-state index contributed by atoms with van der Waals surface area (Å²) in [4.78, 5) is 4.52. The van der Waals surface area contributed by atoms with Gasteiger partial charge in [0.2, 0.25) is 5.88 Å². The van der Waals surface area contributed by atoms with Crippen LogP contribution in [0, 0.1) is 11.3 Å². The van der Waals surface area contributed by atoms with E-state index in [0.717, 1.165) is 29.7 Å². The van der Waals surface area contributed by atoms with Gasteiger partial charge in [-0.1, -0.05) is 49.7 Å². The minimum Gasteiger partial charge on any atom is -0.507 e. The largest absolute Gasteiger partial charge is 0.507 e. The Labute approximate surface area is 193 Å². The normalized spacial score (nSPS) is 15.1. The summed E-state index contributed by atoms with van der Waals surface area (Å²) in [5, 5.41) is 20.3. The van der Waals surface area contributed by atoms with Gasteiger partial charge in [0.25, 0.3) is 0 Å². The maximum absolute atomic E-state index is 10.6. The van der Waals surface area contributed by atoms with Gasteiger partial charge in [0, 0.05) is 29.5 Å². The van der Waals surface area contributed by atoms with Crippen LogP contribution < -0.4 is 15.2 Å². The van der Waals surface area contributed by atoms with E-state index in [1.54, 1.807) is 12.3 Å². The van der Waals surface area contributed by atoms with Crippen molar-refractivity contribution in [3.63, 3.8) is 0 Å². The Hall–Kier alpha value is -4.24. The number of fused-ring (bicyclic) bond motifs is 1. The molecule has 0 fully saturated rings. The lowest BCUT2D eigenvalue weighted by Gasteiger charge is -2.27. The fourth-order valence-electron chi connectivity index (χ4n) is 3.74. The molecule has 0 radical (unpaired) electrons. The Bertz CT molecular complexity index is 1240. The minimum atomic E-state index is -0.400. The molecule has 0 aromatic heterocycles. The molecule has 6 nitrogen and oxygen atoms in total. The van der Waals surface area contributed by atoms with Crippen molar-refractivity contribution in [2.45, 2.75) is 25.7 Å². The second-order valence-electron chi connectivity index (χ2n) is 7.74. The molecule has 0 saturated carbocycles. The molecule has 166 valence electrons. The third kappa shape index (κ3) is 4.83. The first-order valence-electron chi connectivity index (χ1n) is 10.9. The van der Waals surface area contributed by atoms with E-state index in [9.17, 15) is 10.4 Å². The Kier molecular flexibility index (Phi) is 6.61. The molecule has 3 aromatic carbocycles. The number of benzene rings is 3. The lowest BCUT2D eigenvalue weighted by atomic mass is 9.83. The number of allylic oxidation sites excluding steroid dienone is 1. The summed E-state index contributed by atoms with van der Waals surface area (Å²) in [6.45, 7) is 2.78. The lowest BCUT2D eigenvalue weighted by molar-refractivity contribution is 0.309. The molecule has 0 unspecified atom stereocenters. The van der Waals surface area contributed by atoms with Gasteiger partial charge in [-0.05, 0) is 30.2 Å². The van der Waals surface area contributed by atoms with Crippen LogP contribution in [0.5, 0.6) is 17.2 Å². The molecule has 0 spiro atoms. The average molecular weight is 440 g/mol. The summed E-state index contributed by atoms with van der Waals surface area (Å²) in [6, 6.07) is 22.6. The molecule has 0 saturated heterocycles. The van der Waals surface area contributed by atoms with E-state index in [0.29, 0.717) is 29.2 Å². The van der Waals surface area contributed by atoms with Crippen molar-refractivity contribution in [1.29, 1.82) is 5.26 Å². The van der Waals surface area contributed by atoms with Crippen LogP contribution in [-0.2, 0) is 0 Å². The number of aliphatic imine (C=N–C) groups is 1. The SMILES string of the molecule is CCCCOc1cccc(N=Cc2cc3c(cc2O)OC(N)=C(C#N)[C@@H]3c2ccccc2)c1. The number of ether oxygens (including phenoxy) is 2. The summed E-state index contributed by atoms with van der Waals surface area (Å²) < 4.78 is 11.4. The Morgan fingerprint density at radius 1 is 1.15 bits per heavy atom. The zero-order chi connectivity index (χ0) is 23.2. The molecule has 1 heterocycles. The summed E-state index contributed by atoms with van der Waals surface area (Å²) in [5.41, 5.74) is 9.22. The molecule has 3 N–H and O–H groups in total. The maximum atomic E-state index is 10.6. The van der Waals surface area contributed by atoms with Crippen LogP contribution in [0.2, 0.25) is 0 Å². The molecule has 0 aliphatic carbocycles. The Morgan fingerprint density at radius 2 is 1.97 bits per heavy atom. The predicted molar refractivity (Wildman–Crippen MR) is 128 cm³/mol. The van der Waals surface area contributed by atoms with Gasteiger partial charge in [-0.2, -0.15) is 5.26 Å². The van der Waals surface area contributed by atoms with Gasteiger partial charge in [0.15, 0.2) is 0 Å². The van der Waals surface area contributed by atoms with Crippen LogP contribution >= 0.6 is 0 Å². The molecule has 1 aliphatic rings. The average Bonchev–Trinajstić information content (AvgIpc) is 2.83. The summed E-state index contributed by atoms with van der Waals surface area (Å²) in [7, 11) is 0. The number of nitriles is 1. The zero-order valence-corrected chi connectivity index (χ0v) is 18.4. The van der Waals surface area contributed by atoms with Gasteiger partial charge < -0.3 is 20.3 Å². The van der Waals surface area contributed by atoms with E-state index in [-0.39, 0.29) is 11.6 Å². The van der Waals surface area contributed by atoms with Gasteiger partial charge >= 0.3 is 0 Å². The molecular weight excluding hydrogens is 414 g/mol. The van der Waals surface area contributed by atoms with Crippen LogP contribution in [0.3, 0.4) is 0 Å². The molecule has 6 heteroatoms. The fraction of sp³-hybridized carbons (Fsp3) is 0.185. The number of phenolic OH excluding ortho intramolecular Hbond substituents is 1. The molecule has 4 rings (SSSR count). The molecule has 0 bridgehead atoms.